The lowest BCUT2D eigenvalue weighted by molar-refractivity contribution is 0.0594. The summed E-state index contributed by atoms with van der Waals surface area (Å²) >= 11 is 0. The van der Waals surface area contributed by atoms with Gasteiger partial charge >= 0.3 is 0 Å². The minimum Gasteiger partial charge on any atom is -0.366 e. The average Bonchev–Trinajstić information content (AvgIpc) is 2.87. The summed E-state index contributed by atoms with van der Waals surface area (Å²) in [7, 11) is 0. The number of nitrogens with one attached hydrogen (secondary N) is 1. The van der Waals surface area contributed by atoms with Gasteiger partial charge in [0.1, 0.15) is 17.8 Å². The second-order valence-electron chi connectivity index (χ2n) is 8.52. The molecule has 1 saturated heterocycles. The fourth-order valence-corrected chi connectivity index (χ4v) is 4.69. The van der Waals surface area contributed by atoms with Crippen LogP contribution >= 0.6 is 0 Å². The van der Waals surface area contributed by atoms with Crippen LogP contribution in [0.15, 0.2) is 61.2 Å². The number of benzene rings is 1. The fourth-order valence-electron chi connectivity index (χ4n) is 4.69. The Labute approximate surface area is 188 Å². The highest BCUT2D eigenvalue weighted by Crippen LogP contribution is 2.25. The SMILES string of the molecule is O=C(c1cc(NCc2cccnc2)ncn1)N1CCC(N2CCc3ccccc3C2)CC1. The predicted molar refractivity (Wildman–Crippen MR) is 123 cm³/mol. The van der Waals surface area contributed by atoms with Crippen LogP contribution in [0.1, 0.15) is 40.0 Å². The number of amides is 1. The van der Waals surface area contributed by atoms with Gasteiger partial charge in [0.15, 0.2) is 0 Å². The lowest BCUT2D eigenvalue weighted by atomic mass is 9.95. The number of fused-ring (bicyclic) bond motifs is 1. The highest BCUT2D eigenvalue weighted by atomic mass is 16.2. The van der Waals surface area contributed by atoms with Crippen molar-refractivity contribution in [2.24, 2.45) is 0 Å². The van der Waals surface area contributed by atoms with Gasteiger partial charge < -0.3 is 10.2 Å². The Morgan fingerprint density at radius 3 is 2.69 bits per heavy atom. The van der Waals surface area contributed by atoms with Crippen molar-refractivity contribution in [3.63, 3.8) is 0 Å². The van der Waals surface area contributed by atoms with Crippen LogP contribution < -0.4 is 5.32 Å². The molecule has 2 aliphatic heterocycles. The normalized spacial score (nSPS) is 17.1. The second kappa shape index (κ2) is 9.44. The van der Waals surface area contributed by atoms with Gasteiger partial charge in [-0.25, -0.2) is 9.97 Å². The number of carbonyl (C=O) groups excluding carboxylic acids is 1. The van der Waals surface area contributed by atoms with Crippen LogP contribution in [0.25, 0.3) is 0 Å². The Hall–Kier alpha value is -3.32. The van der Waals surface area contributed by atoms with E-state index < -0.39 is 0 Å². The van der Waals surface area contributed by atoms with Crippen molar-refractivity contribution in [2.45, 2.75) is 38.4 Å². The van der Waals surface area contributed by atoms with Gasteiger partial charge in [-0.2, -0.15) is 0 Å². The third kappa shape index (κ3) is 4.62. The van der Waals surface area contributed by atoms with Crippen LogP contribution in [0.4, 0.5) is 5.82 Å². The van der Waals surface area contributed by atoms with Crippen LogP contribution in [0.5, 0.6) is 0 Å². The van der Waals surface area contributed by atoms with E-state index in [0.29, 0.717) is 24.1 Å². The van der Waals surface area contributed by atoms with Gasteiger partial charge in [0.2, 0.25) is 0 Å². The summed E-state index contributed by atoms with van der Waals surface area (Å²) in [6.07, 6.45) is 8.14. The Bertz CT molecular complexity index is 1060. The molecule has 7 nitrogen and oxygen atoms in total. The van der Waals surface area contributed by atoms with Gasteiger partial charge in [0.05, 0.1) is 0 Å². The van der Waals surface area contributed by atoms with Gasteiger partial charge in [-0.05, 0) is 42.0 Å². The molecule has 32 heavy (non-hydrogen) atoms. The lowest BCUT2D eigenvalue weighted by Crippen LogP contribution is -2.48. The predicted octanol–water partition coefficient (Wildman–Crippen LogP) is 3.15. The summed E-state index contributed by atoms with van der Waals surface area (Å²) < 4.78 is 0. The zero-order valence-corrected chi connectivity index (χ0v) is 18.2. The Kier molecular flexibility index (Phi) is 6.07. The minimum absolute atomic E-state index is 0.0146. The number of aromatic nitrogens is 3. The molecule has 0 atom stereocenters. The summed E-state index contributed by atoms with van der Waals surface area (Å²) in [5, 5.41) is 3.25. The zero-order chi connectivity index (χ0) is 21.8. The summed E-state index contributed by atoms with van der Waals surface area (Å²) in [6.45, 7) is 4.26. The minimum atomic E-state index is -0.0146. The first-order valence-electron chi connectivity index (χ1n) is 11.3. The smallest absolute Gasteiger partial charge is 0.272 e. The number of likely N-dealkylation sites (tertiary alicyclic amines) is 1. The summed E-state index contributed by atoms with van der Waals surface area (Å²) in [6, 6.07) is 14.9. The molecule has 2 aliphatic rings. The van der Waals surface area contributed by atoms with Gasteiger partial charge in [-0.1, -0.05) is 30.3 Å². The largest absolute Gasteiger partial charge is 0.366 e. The number of pyridine rings is 1. The third-order valence-corrected chi connectivity index (χ3v) is 6.51. The molecular formula is C25H28N6O. The highest BCUT2D eigenvalue weighted by molar-refractivity contribution is 5.93. The number of nitrogens with zero attached hydrogens (tertiary/aromatic N) is 5. The number of anilines is 1. The molecule has 0 unspecified atom stereocenters. The second-order valence-corrected chi connectivity index (χ2v) is 8.52. The first-order valence-corrected chi connectivity index (χ1v) is 11.3. The molecule has 1 aromatic carbocycles. The van der Waals surface area contributed by atoms with Crippen molar-refractivity contribution in [3.05, 3.63) is 83.6 Å². The third-order valence-electron chi connectivity index (χ3n) is 6.51. The molecule has 4 heterocycles. The Balaban J connectivity index is 1.16. The molecule has 1 N–H and O–H groups in total. The van der Waals surface area contributed by atoms with Crippen LogP contribution in [-0.4, -0.2) is 56.3 Å². The van der Waals surface area contributed by atoms with Gasteiger partial charge in [-0.3, -0.25) is 14.7 Å². The molecule has 0 saturated carbocycles. The molecule has 0 spiro atoms. The van der Waals surface area contributed by atoms with E-state index in [9.17, 15) is 4.79 Å². The maximum absolute atomic E-state index is 13.1. The molecule has 7 heteroatoms. The quantitative estimate of drug-likeness (QED) is 0.673. The first kappa shape index (κ1) is 20.6. The number of hydrogen-bond donors (Lipinski definition) is 1. The number of piperidine rings is 1. The summed E-state index contributed by atoms with van der Waals surface area (Å²) in [5.41, 5.74) is 4.43. The van der Waals surface area contributed by atoms with E-state index in [0.717, 1.165) is 51.0 Å². The Morgan fingerprint density at radius 1 is 1.03 bits per heavy atom. The molecule has 2 aromatic heterocycles. The first-order chi connectivity index (χ1) is 15.8. The van der Waals surface area contributed by atoms with E-state index >= 15 is 0 Å². The molecule has 1 amide bonds. The van der Waals surface area contributed by atoms with Crippen molar-refractivity contribution in [3.8, 4) is 0 Å². The standard InChI is InChI=1S/C25H28N6O/c32-25(23-14-24(29-18-28-23)27-16-19-4-3-10-26-15-19)30-12-8-22(9-13-30)31-11-7-20-5-1-2-6-21(20)17-31/h1-6,10,14-15,18,22H,7-9,11-13,16-17H2,(H,27,28,29). The summed E-state index contributed by atoms with van der Waals surface area (Å²) in [5.74, 6) is 0.633. The van der Waals surface area contributed by atoms with Crippen molar-refractivity contribution >= 4 is 11.7 Å². The van der Waals surface area contributed by atoms with Crippen molar-refractivity contribution in [1.82, 2.24) is 24.8 Å². The molecule has 0 aliphatic carbocycles. The molecule has 1 fully saturated rings. The molecular weight excluding hydrogens is 400 g/mol. The van der Waals surface area contributed by atoms with Crippen LogP contribution in [0, 0.1) is 0 Å². The lowest BCUT2D eigenvalue weighted by Gasteiger charge is -2.40. The van der Waals surface area contributed by atoms with E-state index in [2.05, 4.69) is 49.4 Å². The van der Waals surface area contributed by atoms with Crippen molar-refractivity contribution in [2.75, 3.05) is 25.0 Å². The molecule has 164 valence electrons. The number of hydrogen-bond acceptors (Lipinski definition) is 6. The van der Waals surface area contributed by atoms with E-state index in [-0.39, 0.29) is 5.91 Å². The number of carbonyl (C=O) groups is 1. The average molecular weight is 429 g/mol. The topological polar surface area (TPSA) is 74.2 Å². The summed E-state index contributed by atoms with van der Waals surface area (Å²) in [4.78, 5) is 30.2. The zero-order valence-electron chi connectivity index (χ0n) is 18.2. The van der Waals surface area contributed by atoms with Crippen molar-refractivity contribution < 1.29 is 4.79 Å². The van der Waals surface area contributed by atoms with Crippen LogP contribution in [0.3, 0.4) is 0 Å². The van der Waals surface area contributed by atoms with E-state index in [4.69, 9.17) is 0 Å². The molecule has 0 bridgehead atoms. The molecule has 5 rings (SSSR count). The van der Waals surface area contributed by atoms with Crippen LogP contribution in [-0.2, 0) is 19.5 Å². The van der Waals surface area contributed by atoms with E-state index in [1.165, 1.54) is 17.5 Å². The van der Waals surface area contributed by atoms with E-state index in [1.54, 1.807) is 12.3 Å². The fraction of sp³-hybridized carbons (Fsp3) is 0.360. The van der Waals surface area contributed by atoms with Gasteiger partial charge in [0, 0.05) is 57.2 Å². The highest BCUT2D eigenvalue weighted by Gasteiger charge is 2.29. The van der Waals surface area contributed by atoms with Crippen LogP contribution in [0.2, 0.25) is 0 Å². The van der Waals surface area contributed by atoms with Gasteiger partial charge in [0.25, 0.3) is 5.91 Å². The Morgan fingerprint density at radius 2 is 1.88 bits per heavy atom. The van der Waals surface area contributed by atoms with Gasteiger partial charge in [-0.15, -0.1) is 0 Å². The number of rotatable bonds is 5. The monoisotopic (exact) mass is 428 g/mol. The maximum atomic E-state index is 13.1. The maximum Gasteiger partial charge on any atom is 0.272 e. The van der Waals surface area contributed by atoms with Crippen molar-refractivity contribution in [1.29, 1.82) is 0 Å². The van der Waals surface area contributed by atoms with E-state index in [1.807, 2.05) is 23.2 Å². The molecule has 0 radical (unpaired) electrons. The molecule has 3 aromatic rings.